The van der Waals surface area contributed by atoms with E-state index in [1.807, 2.05) is 20.8 Å². The molecule has 1 rings (SSSR count). The second-order valence-electron chi connectivity index (χ2n) is 5.90. The van der Waals surface area contributed by atoms with E-state index in [0.717, 1.165) is 25.9 Å². The van der Waals surface area contributed by atoms with Gasteiger partial charge in [-0.25, -0.2) is 13.1 Å². The molecule has 1 heterocycles. The number of aromatic nitrogens is 2. The average molecular weight is 302 g/mol. The standard InChI is InChI=1S/C13H26N4O2S/c1-5-7-14-8-6-9-17-11-12(10-15-17)20(18,19)16-13(2,3)4/h10-11,14,16H,5-9H2,1-4H3. The fourth-order valence-corrected chi connectivity index (χ4v) is 3.11. The lowest BCUT2D eigenvalue weighted by Gasteiger charge is -2.19. The summed E-state index contributed by atoms with van der Waals surface area (Å²) in [5.74, 6) is 0. The zero-order valence-corrected chi connectivity index (χ0v) is 13.6. The highest BCUT2D eigenvalue weighted by atomic mass is 32.2. The van der Waals surface area contributed by atoms with E-state index < -0.39 is 15.6 Å². The van der Waals surface area contributed by atoms with Gasteiger partial charge in [-0.2, -0.15) is 5.10 Å². The van der Waals surface area contributed by atoms with Crippen LogP contribution < -0.4 is 10.0 Å². The minimum Gasteiger partial charge on any atom is -0.317 e. The monoisotopic (exact) mass is 302 g/mol. The van der Waals surface area contributed by atoms with Crippen LogP contribution in [0.15, 0.2) is 17.3 Å². The van der Waals surface area contributed by atoms with Crippen LogP contribution >= 0.6 is 0 Å². The van der Waals surface area contributed by atoms with Crippen molar-refractivity contribution < 1.29 is 8.42 Å². The van der Waals surface area contributed by atoms with Gasteiger partial charge in [0.25, 0.3) is 0 Å². The van der Waals surface area contributed by atoms with Crippen molar-refractivity contribution in [3.63, 3.8) is 0 Å². The van der Waals surface area contributed by atoms with Gasteiger partial charge in [-0.1, -0.05) is 6.92 Å². The zero-order chi connectivity index (χ0) is 15.2. The molecule has 0 saturated carbocycles. The molecule has 2 N–H and O–H groups in total. The summed E-state index contributed by atoms with van der Waals surface area (Å²) in [6.07, 6.45) is 5.01. The van der Waals surface area contributed by atoms with Gasteiger partial charge in [0, 0.05) is 18.3 Å². The molecule has 0 aliphatic carbocycles. The van der Waals surface area contributed by atoms with Gasteiger partial charge in [0.2, 0.25) is 10.0 Å². The highest BCUT2D eigenvalue weighted by Crippen LogP contribution is 2.11. The van der Waals surface area contributed by atoms with Crippen molar-refractivity contribution in [3.05, 3.63) is 12.4 Å². The molecule has 20 heavy (non-hydrogen) atoms. The number of rotatable bonds is 8. The second-order valence-corrected chi connectivity index (χ2v) is 7.58. The first kappa shape index (κ1) is 17.1. The third-order valence-electron chi connectivity index (χ3n) is 2.53. The summed E-state index contributed by atoms with van der Waals surface area (Å²) >= 11 is 0. The van der Waals surface area contributed by atoms with Crippen LogP contribution in [-0.4, -0.2) is 36.8 Å². The van der Waals surface area contributed by atoms with E-state index in [-0.39, 0.29) is 4.90 Å². The van der Waals surface area contributed by atoms with Crippen LogP contribution in [0.2, 0.25) is 0 Å². The number of hydrogen-bond acceptors (Lipinski definition) is 4. The first-order chi connectivity index (χ1) is 9.24. The first-order valence-corrected chi connectivity index (χ1v) is 8.50. The number of nitrogens with one attached hydrogen (secondary N) is 2. The van der Waals surface area contributed by atoms with E-state index >= 15 is 0 Å². The van der Waals surface area contributed by atoms with Crippen LogP contribution in [0.4, 0.5) is 0 Å². The Morgan fingerprint density at radius 1 is 1.30 bits per heavy atom. The van der Waals surface area contributed by atoms with Gasteiger partial charge >= 0.3 is 0 Å². The minimum absolute atomic E-state index is 0.217. The lowest BCUT2D eigenvalue weighted by molar-refractivity contribution is 0.491. The largest absolute Gasteiger partial charge is 0.317 e. The lowest BCUT2D eigenvalue weighted by atomic mass is 10.1. The zero-order valence-electron chi connectivity index (χ0n) is 12.8. The summed E-state index contributed by atoms with van der Waals surface area (Å²) < 4.78 is 28.5. The minimum atomic E-state index is -3.49. The van der Waals surface area contributed by atoms with Crippen LogP contribution in [0.5, 0.6) is 0 Å². The molecule has 0 unspecified atom stereocenters. The maximum atomic E-state index is 12.1. The topological polar surface area (TPSA) is 76.0 Å². The van der Waals surface area contributed by atoms with E-state index in [0.29, 0.717) is 6.54 Å². The van der Waals surface area contributed by atoms with Crippen LogP contribution in [0.25, 0.3) is 0 Å². The first-order valence-electron chi connectivity index (χ1n) is 7.02. The molecule has 0 atom stereocenters. The van der Waals surface area contributed by atoms with Crippen LogP contribution in [0.3, 0.4) is 0 Å². The molecular formula is C13H26N4O2S. The molecular weight excluding hydrogens is 276 g/mol. The van der Waals surface area contributed by atoms with Crippen molar-refractivity contribution in [2.45, 2.75) is 57.5 Å². The van der Waals surface area contributed by atoms with Crippen LogP contribution in [0, 0.1) is 0 Å². The highest BCUT2D eigenvalue weighted by molar-refractivity contribution is 7.89. The molecule has 1 aromatic heterocycles. The quantitative estimate of drug-likeness (QED) is 0.711. The molecule has 7 heteroatoms. The molecule has 0 bridgehead atoms. The molecule has 116 valence electrons. The molecule has 1 aromatic rings. The Morgan fingerprint density at radius 3 is 2.60 bits per heavy atom. The summed E-state index contributed by atoms with van der Waals surface area (Å²) in [4.78, 5) is 0.217. The van der Waals surface area contributed by atoms with Gasteiger partial charge in [-0.3, -0.25) is 4.68 Å². The number of aryl methyl sites for hydroxylation is 1. The van der Waals surface area contributed by atoms with Crippen LogP contribution in [0.1, 0.15) is 40.5 Å². The van der Waals surface area contributed by atoms with Crippen molar-refractivity contribution in [3.8, 4) is 0 Å². The Bertz CT molecular complexity index is 503. The third kappa shape index (κ3) is 6.02. The molecule has 0 aliphatic heterocycles. The molecule has 0 spiro atoms. The second kappa shape index (κ2) is 7.19. The van der Waals surface area contributed by atoms with Crippen molar-refractivity contribution in [2.24, 2.45) is 0 Å². The van der Waals surface area contributed by atoms with Gasteiger partial charge < -0.3 is 5.32 Å². The van der Waals surface area contributed by atoms with Crippen molar-refractivity contribution in [1.29, 1.82) is 0 Å². The molecule has 0 aromatic carbocycles. The molecule has 0 amide bonds. The van der Waals surface area contributed by atoms with Crippen LogP contribution in [-0.2, 0) is 16.6 Å². The summed E-state index contributed by atoms with van der Waals surface area (Å²) in [6.45, 7) is 10.2. The smallest absolute Gasteiger partial charge is 0.244 e. The SMILES string of the molecule is CCCNCCCn1cc(S(=O)(=O)NC(C)(C)C)cn1. The van der Waals surface area contributed by atoms with Gasteiger partial charge in [-0.15, -0.1) is 0 Å². The molecule has 0 saturated heterocycles. The van der Waals surface area contributed by atoms with E-state index in [9.17, 15) is 8.42 Å². The predicted molar refractivity (Wildman–Crippen MR) is 80.1 cm³/mol. The third-order valence-corrected chi connectivity index (χ3v) is 4.24. The maximum absolute atomic E-state index is 12.1. The Balaban J connectivity index is 2.54. The summed E-state index contributed by atoms with van der Waals surface area (Å²) in [7, 11) is -3.49. The van der Waals surface area contributed by atoms with E-state index in [1.54, 1.807) is 10.9 Å². The van der Waals surface area contributed by atoms with Gasteiger partial charge in [0.05, 0.1) is 6.20 Å². The summed E-state index contributed by atoms with van der Waals surface area (Å²) in [6, 6.07) is 0. The maximum Gasteiger partial charge on any atom is 0.244 e. The fraction of sp³-hybridized carbons (Fsp3) is 0.769. The number of hydrogen-bond donors (Lipinski definition) is 2. The highest BCUT2D eigenvalue weighted by Gasteiger charge is 2.23. The van der Waals surface area contributed by atoms with Gasteiger partial charge in [0.15, 0.2) is 0 Å². The molecule has 6 nitrogen and oxygen atoms in total. The molecule has 0 aliphatic rings. The van der Waals surface area contributed by atoms with Crippen molar-refractivity contribution >= 4 is 10.0 Å². The normalized spacial score (nSPS) is 12.8. The Labute approximate surface area is 122 Å². The van der Waals surface area contributed by atoms with E-state index in [4.69, 9.17) is 0 Å². The van der Waals surface area contributed by atoms with Gasteiger partial charge in [0.1, 0.15) is 4.90 Å². The molecule has 0 radical (unpaired) electrons. The number of sulfonamides is 1. The summed E-state index contributed by atoms with van der Waals surface area (Å²) in [5, 5.41) is 7.40. The lowest BCUT2D eigenvalue weighted by Crippen LogP contribution is -2.40. The number of nitrogens with zero attached hydrogens (tertiary/aromatic N) is 2. The van der Waals surface area contributed by atoms with Gasteiger partial charge in [-0.05, 0) is 46.7 Å². The van der Waals surface area contributed by atoms with Crippen molar-refractivity contribution in [1.82, 2.24) is 19.8 Å². The Morgan fingerprint density at radius 2 is 2.00 bits per heavy atom. The Hall–Kier alpha value is -0.920. The Kier molecular flexibility index (Phi) is 6.16. The summed E-state index contributed by atoms with van der Waals surface area (Å²) in [5.41, 5.74) is -0.495. The van der Waals surface area contributed by atoms with Crippen molar-refractivity contribution in [2.75, 3.05) is 13.1 Å². The fourth-order valence-electron chi connectivity index (χ4n) is 1.74. The predicted octanol–water partition coefficient (Wildman–Crippen LogP) is 1.35. The van der Waals surface area contributed by atoms with E-state index in [1.165, 1.54) is 6.20 Å². The van der Waals surface area contributed by atoms with E-state index in [2.05, 4.69) is 22.1 Å². The average Bonchev–Trinajstić information content (AvgIpc) is 2.75. The molecule has 0 fully saturated rings.